The first kappa shape index (κ1) is 12.9. The molecule has 0 aliphatic heterocycles. The van der Waals surface area contributed by atoms with Crippen molar-refractivity contribution in [3.8, 4) is 5.75 Å². The van der Waals surface area contributed by atoms with E-state index in [9.17, 15) is 4.79 Å². The molecule has 98 valence electrons. The van der Waals surface area contributed by atoms with Gasteiger partial charge in [-0.2, -0.15) is 0 Å². The first-order valence-corrected chi connectivity index (χ1v) is 6.23. The molecule has 4 heteroatoms. The zero-order valence-electron chi connectivity index (χ0n) is 10.6. The molecule has 1 aliphatic carbocycles. The normalized spacial score (nSPS) is 17.4. The van der Waals surface area contributed by atoms with Crippen LogP contribution in [0.2, 0.25) is 0 Å². The summed E-state index contributed by atoms with van der Waals surface area (Å²) < 4.78 is 10.3. The molecule has 2 rings (SSSR count). The summed E-state index contributed by atoms with van der Waals surface area (Å²) in [6.45, 7) is 0.266. The highest BCUT2D eigenvalue weighted by Crippen LogP contribution is 2.28. The molecule has 0 saturated heterocycles. The van der Waals surface area contributed by atoms with Gasteiger partial charge in [0, 0.05) is 0 Å². The van der Waals surface area contributed by atoms with Crippen LogP contribution in [0.4, 0.5) is 0 Å². The van der Waals surface area contributed by atoms with Gasteiger partial charge in [0.1, 0.15) is 17.9 Å². The van der Waals surface area contributed by atoms with E-state index < -0.39 is 5.54 Å². The highest BCUT2D eigenvalue weighted by molar-refractivity contribution is 5.80. The quantitative estimate of drug-likeness (QED) is 0.829. The summed E-state index contributed by atoms with van der Waals surface area (Å²) in [7, 11) is 1.62. The predicted octanol–water partition coefficient (Wildman–Crippen LogP) is 2.01. The second-order valence-corrected chi connectivity index (χ2v) is 4.79. The number of ether oxygens (including phenoxy) is 2. The number of rotatable bonds is 4. The molecule has 18 heavy (non-hydrogen) atoms. The van der Waals surface area contributed by atoms with Crippen molar-refractivity contribution in [2.45, 2.75) is 37.8 Å². The van der Waals surface area contributed by atoms with Crippen molar-refractivity contribution in [2.75, 3.05) is 7.11 Å². The molecule has 0 radical (unpaired) electrons. The van der Waals surface area contributed by atoms with Gasteiger partial charge in [0.2, 0.25) is 0 Å². The predicted molar refractivity (Wildman–Crippen MR) is 68.2 cm³/mol. The molecule has 0 amide bonds. The molecular formula is C14H19NO3. The van der Waals surface area contributed by atoms with Gasteiger partial charge in [-0.25, -0.2) is 0 Å². The molecule has 4 nitrogen and oxygen atoms in total. The van der Waals surface area contributed by atoms with Crippen molar-refractivity contribution in [2.24, 2.45) is 5.73 Å². The number of carbonyl (C=O) groups is 1. The zero-order valence-corrected chi connectivity index (χ0v) is 10.6. The second-order valence-electron chi connectivity index (χ2n) is 4.79. The fourth-order valence-electron chi connectivity index (χ4n) is 2.22. The standard InChI is InChI=1S/C14H19NO3/c1-17-12-6-4-11(5-7-12)10-18-13(16)14(15)8-2-3-9-14/h4-7H,2-3,8-10,15H2,1H3. The number of esters is 1. The minimum absolute atomic E-state index is 0.266. The van der Waals surface area contributed by atoms with Gasteiger partial charge in [-0.15, -0.1) is 0 Å². The summed E-state index contributed by atoms with van der Waals surface area (Å²) in [6, 6.07) is 7.45. The number of hydrogen-bond donors (Lipinski definition) is 1. The van der Waals surface area contributed by atoms with E-state index in [1.54, 1.807) is 7.11 Å². The van der Waals surface area contributed by atoms with Gasteiger partial charge in [0.05, 0.1) is 7.11 Å². The van der Waals surface area contributed by atoms with Crippen molar-refractivity contribution in [1.29, 1.82) is 0 Å². The number of carbonyl (C=O) groups excluding carboxylic acids is 1. The summed E-state index contributed by atoms with van der Waals surface area (Å²) in [6.07, 6.45) is 3.48. The molecular weight excluding hydrogens is 230 g/mol. The maximum atomic E-state index is 11.9. The van der Waals surface area contributed by atoms with E-state index in [1.807, 2.05) is 24.3 Å². The molecule has 1 saturated carbocycles. The molecule has 1 aromatic carbocycles. The molecule has 0 aromatic heterocycles. The van der Waals surface area contributed by atoms with Crippen molar-refractivity contribution in [1.82, 2.24) is 0 Å². The Bertz CT molecular complexity index is 408. The molecule has 0 bridgehead atoms. The maximum Gasteiger partial charge on any atom is 0.326 e. The van der Waals surface area contributed by atoms with Crippen molar-refractivity contribution in [3.05, 3.63) is 29.8 Å². The maximum absolute atomic E-state index is 11.9. The Labute approximate surface area is 107 Å². The number of methoxy groups -OCH3 is 1. The SMILES string of the molecule is COc1ccc(COC(=O)C2(N)CCCC2)cc1. The monoisotopic (exact) mass is 249 g/mol. The molecule has 1 aromatic rings. The third kappa shape index (κ3) is 2.82. The fraction of sp³-hybridized carbons (Fsp3) is 0.500. The molecule has 0 unspecified atom stereocenters. The van der Waals surface area contributed by atoms with E-state index >= 15 is 0 Å². The van der Waals surface area contributed by atoms with E-state index in [-0.39, 0.29) is 12.6 Å². The minimum atomic E-state index is -0.757. The van der Waals surface area contributed by atoms with E-state index in [1.165, 1.54) is 0 Å². The van der Waals surface area contributed by atoms with Gasteiger partial charge in [0.25, 0.3) is 0 Å². The van der Waals surface area contributed by atoms with Crippen LogP contribution in [0.25, 0.3) is 0 Å². The lowest BCUT2D eigenvalue weighted by Crippen LogP contribution is -2.46. The smallest absolute Gasteiger partial charge is 0.326 e. The molecule has 0 atom stereocenters. The van der Waals surface area contributed by atoms with Crippen molar-refractivity contribution in [3.63, 3.8) is 0 Å². The van der Waals surface area contributed by atoms with Crippen molar-refractivity contribution >= 4 is 5.97 Å². The van der Waals surface area contributed by atoms with Gasteiger partial charge < -0.3 is 15.2 Å². The van der Waals surface area contributed by atoms with Crippen LogP contribution in [-0.2, 0) is 16.1 Å². The summed E-state index contributed by atoms with van der Waals surface area (Å²) in [5.41, 5.74) is 6.20. The zero-order chi connectivity index (χ0) is 13.0. The molecule has 1 fully saturated rings. The van der Waals surface area contributed by atoms with E-state index in [0.717, 1.165) is 37.0 Å². The van der Waals surface area contributed by atoms with Gasteiger partial charge in [-0.3, -0.25) is 4.79 Å². The Hall–Kier alpha value is -1.55. The van der Waals surface area contributed by atoms with E-state index in [2.05, 4.69) is 0 Å². The van der Waals surface area contributed by atoms with Crippen LogP contribution in [0, 0.1) is 0 Å². The lowest BCUT2D eigenvalue weighted by atomic mass is 10.00. The van der Waals surface area contributed by atoms with Gasteiger partial charge in [-0.1, -0.05) is 25.0 Å². The summed E-state index contributed by atoms with van der Waals surface area (Å²) in [5, 5.41) is 0. The van der Waals surface area contributed by atoms with Crippen LogP contribution in [0.15, 0.2) is 24.3 Å². The van der Waals surface area contributed by atoms with Crippen LogP contribution in [0.3, 0.4) is 0 Å². The minimum Gasteiger partial charge on any atom is -0.497 e. The first-order chi connectivity index (χ1) is 8.64. The highest BCUT2D eigenvalue weighted by atomic mass is 16.5. The summed E-state index contributed by atoms with van der Waals surface area (Å²) >= 11 is 0. The fourth-order valence-corrected chi connectivity index (χ4v) is 2.22. The van der Waals surface area contributed by atoms with Crippen LogP contribution >= 0.6 is 0 Å². The largest absolute Gasteiger partial charge is 0.497 e. The van der Waals surface area contributed by atoms with Gasteiger partial charge in [0.15, 0.2) is 0 Å². The van der Waals surface area contributed by atoms with Crippen LogP contribution in [-0.4, -0.2) is 18.6 Å². The second kappa shape index (κ2) is 5.40. The first-order valence-electron chi connectivity index (χ1n) is 6.23. The number of benzene rings is 1. The molecule has 1 aliphatic rings. The summed E-state index contributed by atoms with van der Waals surface area (Å²) in [4.78, 5) is 11.9. The van der Waals surface area contributed by atoms with Crippen LogP contribution in [0.5, 0.6) is 5.75 Å². The molecule has 0 spiro atoms. The Balaban J connectivity index is 1.88. The van der Waals surface area contributed by atoms with E-state index in [4.69, 9.17) is 15.2 Å². The number of nitrogens with two attached hydrogens (primary N) is 1. The molecule has 0 heterocycles. The highest BCUT2D eigenvalue weighted by Gasteiger charge is 2.38. The van der Waals surface area contributed by atoms with Crippen LogP contribution in [0.1, 0.15) is 31.2 Å². The summed E-state index contributed by atoms with van der Waals surface area (Å²) in [5.74, 6) is 0.506. The molecule has 2 N–H and O–H groups in total. The van der Waals surface area contributed by atoms with Gasteiger partial charge in [-0.05, 0) is 30.5 Å². The Morgan fingerprint density at radius 1 is 1.28 bits per heavy atom. The Kier molecular flexibility index (Phi) is 3.87. The third-order valence-electron chi connectivity index (χ3n) is 3.43. The lowest BCUT2D eigenvalue weighted by molar-refractivity contribution is -0.151. The van der Waals surface area contributed by atoms with E-state index in [0.29, 0.717) is 0 Å². The van der Waals surface area contributed by atoms with Gasteiger partial charge >= 0.3 is 5.97 Å². The Morgan fingerprint density at radius 3 is 2.44 bits per heavy atom. The topological polar surface area (TPSA) is 61.5 Å². The number of hydrogen-bond acceptors (Lipinski definition) is 4. The average molecular weight is 249 g/mol. The Morgan fingerprint density at radius 2 is 1.89 bits per heavy atom. The average Bonchev–Trinajstić information content (AvgIpc) is 2.85. The van der Waals surface area contributed by atoms with Crippen molar-refractivity contribution < 1.29 is 14.3 Å². The lowest BCUT2D eigenvalue weighted by Gasteiger charge is -2.21. The van der Waals surface area contributed by atoms with Crippen LogP contribution < -0.4 is 10.5 Å². The third-order valence-corrected chi connectivity index (χ3v) is 3.43.